The molecule has 0 fully saturated rings. The predicted molar refractivity (Wildman–Crippen MR) is 96.5 cm³/mol. The first kappa shape index (κ1) is 21.8. The summed E-state index contributed by atoms with van der Waals surface area (Å²) in [6, 6.07) is 6.23. The number of carbonyl (C=O) groups excluding carboxylic acids is 1. The minimum atomic E-state index is -0.259. The average Bonchev–Trinajstić information content (AvgIpc) is 2.82. The highest BCUT2D eigenvalue weighted by molar-refractivity contribution is 7.13. The van der Waals surface area contributed by atoms with Gasteiger partial charge in [0.1, 0.15) is 10.7 Å². The summed E-state index contributed by atoms with van der Waals surface area (Å²) in [5, 5.41) is 3.67. The minimum absolute atomic E-state index is 0. The van der Waals surface area contributed by atoms with Gasteiger partial charge in [-0.3, -0.25) is 4.79 Å². The molecule has 0 saturated heterocycles. The van der Waals surface area contributed by atoms with Crippen molar-refractivity contribution in [3.63, 3.8) is 0 Å². The summed E-state index contributed by atoms with van der Waals surface area (Å²) in [5.74, 6) is -0.404. The van der Waals surface area contributed by atoms with Gasteiger partial charge in [0.15, 0.2) is 0 Å². The van der Waals surface area contributed by atoms with Crippen molar-refractivity contribution >= 4 is 42.1 Å². The van der Waals surface area contributed by atoms with Gasteiger partial charge in [-0.05, 0) is 31.5 Å². The fourth-order valence-corrected chi connectivity index (χ4v) is 2.87. The van der Waals surface area contributed by atoms with Crippen molar-refractivity contribution < 1.29 is 9.18 Å². The molecule has 0 aliphatic heterocycles. The van der Waals surface area contributed by atoms with Gasteiger partial charge in [-0.1, -0.05) is 12.1 Å². The highest BCUT2D eigenvalue weighted by atomic mass is 35.5. The van der Waals surface area contributed by atoms with Gasteiger partial charge in [0.05, 0.1) is 10.7 Å². The zero-order chi connectivity index (χ0) is 15.4. The molecule has 23 heavy (non-hydrogen) atoms. The zero-order valence-corrected chi connectivity index (χ0v) is 15.3. The number of carbonyl (C=O) groups is 1. The number of halogens is 3. The Labute approximate surface area is 151 Å². The predicted octanol–water partition coefficient (Wildman–Crippen LogP) is 3.10. The van der Waals surface area contributed by atoms with E-state index in [2.05, 4.69) is 10.3 Å². The Bertz CT molecular complexity index is 634. The molecule has 4 nitrogen and oxygen atoms in total. The van der Waals surface area contributed by atoms with Crippen LogP contribution in [-0.4, -0.2) is 23.5 Å². The van der Waals surface area contributed by atoms with Crippen molar-refractivity contribution in [1.82, 2.24) is 10.3 Å². The standard InChI is InChI=1S/C15H18FN3OS.2ClH/c1-9(8-17)18-15(20)14-10(2)19-13(21-14)7-11-3-5-12(16)6-4-11;;/h3-6,9H,7-8,17H2,1-2H3,(H,18,20);2*1H/t9-;;/m0../s1. The third-order valence-corrected chi connectivity index (χ3v) is 4.20. The molecule has 8 heteroatoms. The molecular weight excluding hydrogens is 360 g/mol. The van der Waals surface area contributed by atoms with E-state index in [1.54, 1.807) is 12.1 Å². The van der Waals surface area contributed by atoms with Crippen LogP contribution in [0.15, 0.2) is 24.3 Å². The quantitative estimate of drug-likeness (QED) is 0.838. The van der Waals surface area contributed by atoms with Gasteiger partial charge in [-0.15, -0.1) is 36.2 Å². The monoisotopic (exact) mass is 379 g/mol. The second-order valence-corrected chi connectivity index (χ2v) is 6.02. The van der Waals surface area contributed by atoms with E-state index in [1.807, 2.05) is 13.8 Å². The van der Waals surface area contributed by atoms with Crippen LogP contribution in [0.4, 0.5) is 4.39 Å². The maximum absolute atomic E-state index is 12.9. The first-order valence-electron chi connectivity index (χ1n) is 6.71. The SMILES string of the molecule is Cc1nc(Cc2ccc(F)cc2)sc1C(=O)N[C@@H](C)CN.Cl.Cl. The topological polar surface area (TPSA) is 68.0 Å². The third-order valence-electron chi connectivity index (χ3n) is 3.05. The molecule has 0 aliphatic rings. The Morgan fingerprint density at radius 1 is 1.35 bits per heavy atom. The van der Waals surface area contributed by atoms with Crippen LogP contribution in [0.5, 0.6) is 0 Å². The summed E-state index contributed by atoms with van der Waals surface area (Å²) in [4.78, 5) is 17.1. The molecule has 2 rings (SSSR count). The molecule has 0 radical (unpaired) electrons. The number of aromatic nitrogens is 1. The van der Waals surface area contributed by atoms with Crippen LogP contribution in [0.1, 0.15) is 32.9 Å². The molecule has 0 aliphatic carbocycles. The molecular formula is C15H20Cl2FN3OS. The number of amides is 1. The largest absolute Gasteiger partial charge is 0.348 e. The van der Waals surface area contributed by atoms with Crippen molar-refractivity contribution in [2.75, 3.05) is 6.54 Å². The van der Waals surface area contributed by atoms with Crippen LogP contribution in [0.2, 0.25) is 0 Å². The number of aryl methyl sites for hydroxylation is 1. The van der Waals surface area contributed by atoms with Crippen LogP contribution in [0, 0.1) is 12.7 Å². The lowest BCUT2D eigenvalue weighted by molar-refractivity contribution is 0.0944. The van der Waals surface area contributed by atoms with Crippen molar-refractivity contribution in [3.05, 3.63) is 51.2 Å². The fraction of sp³-hybridized carbons (Fsp3) is 0.333. The van der Waals surface area contributed by atoms with Crippen molar-refractivity contribution in [2.24, 2.45) is 5.73 Å². The Morgan fingerprint density at radius 3 is 2.52 bits per heavy atom. The van der Waals surface area contributed by atoms with Crippen LogP contribution in [-0.2, 0) is 6.42 Å². The van der Waals surface area contributed by atoms with E-state index in [0.717, 1.165) is 10.6 Å². The molecule has 0 bridgehead atoms. The maximum Gasteiger partial charge on any atom is 0.263 e. The summed E-state index contributed by atoms with van der Waals surface area (Å²) in [6.07, 6.45) is 0.589. The second-order valence-electron chi connectivity index (χ2n) is 4.94. The number of hydrogen-bond acceptors (Lipinski definition) is 4. The van der Waals surface area contributed by atoms with Gasteiger partial charge >= 0.3 is 0 Å². The molecule has 1 heterocycles. The number of rotatable bonds is 5. The summed E-state index contributed by atoms with van der Waals surface area (Å²) in [5.41, 5.74) is 7.17. The molecule has 1 aromatic carbocycles. The van der Waals surface area contributed by atoms with E-state index in [9.17, 15) is 9.18 Å². The highest BCUT2D eigenvalue weighted by Crippen LogP contribution is 2.21. The van der Waals surface area contributed by atoms with Crippen LogP contribution in [0.3, 0.4) is 0 Å². The van der Waals surface area contributed by atoms with Crippen molar-refractivity contribution in [3.8, 4) is 0 Å². The van der Waals surface area contributed by atoms with Crippen LogP contribution < -0.4 is 11.1 Å². The number of nitrogens with two attached hydrogens (primary N) is 1. The highest BCUT2D eigenvalue weighted by Gasteiger charge is 2.16. The lowest BCUT2D eigenvalue weighted by Crippen LogP contribution is -2.37. The first-order chi connectivity index (χ1) is 9.99. The number of nitrogens with zero attached hydrogens (tertiary/aromatic N) is 1. The number of hydrogen-bond donors (Lipinski definition) is 2. The van der Waals surface area contributed by atoms with Gasteiger partial charge in [0, 0.05) is 19.0 Å². The number of benzene rings is 1. The average molecular weight is 380 g/mol. The Hall–Kier alpha value is -1.21. The Morgan fingerprint density at radius 2 is 1.96 bits per heavy atom. The normalized spacial score (nSPS) is 11.1. The molecule has 0 spiro atoms. The van der Waals surface area contributed by atoms with E-state index in [1.165, 1.54) is 23.5 Å². The van der Waals surface area contributed by atoms with E-state index < -0.39 is 0 Å². The molecule has 3 N–H and O–H groups in total. The molecule has 1 amide bonds. The Kier molecular flexibility index (Phi) is 9.31. The van der Waals surface area contributed by atoms with Crippen LogP contribution >= 0.6 is 36.2 Å². The number of thiazole rings is 1. The molecule has 0 unspecified atom stereocenters. The van der Waals surface area contributed by atoms with Gasteiger partial charge in [-0.2, -0.15) is 0 Å². The summed E-state index contributed by atoms with van der Waals surface area (Å²) < 4.78 is 12.9. The van der Waals surface area contributed by atoms with E-state index in [4.69, 9.17) is 5.73 Å². The Balaban J connectivity index is 0.00000242. The summed E-state index contributed by atoms with van der Waals surface area (Å²) in [6.45, 7) is 4.06. The third kappa shape index (κ3) is 6.06. The fourth-order valence-electron chi connectivity index (χ4n) is 1.86. The lowest BCUT2D eigenvalue weighted by atomic mass is 10.1. The maximum atomic E-state index is 12.9. The molecule has 2 aromatic rings. The van der Waals surface area contributed by atoms with Gasteiger partial charge < -0.3 is 11.1 Å². The van der Waals surface area contributed by atoms with Crippen molar-refractivity contribution in [2.45, 2.75) is 26.3 Å². The first-order valence-corrected chi connectivity index (χ1v) is 7.53. The van der Waals surface area contributed by atoms with Gasteiger partial charge in [0.2, 0.25) is 0 Å². The van der Waals surface area contributed by atoms with E-state index in [-0.39, 0.29) is 42.6 Å². The van der Waals surface area contributed by atoms with Crippen LogP contribution in [0.25, 0.3) is 0 Å². The number of nitrogens with one attached hydrogen (secondary N) is 1. The smallest absolute Gasteiger partial charge is 0.263 e. The molecule has 1 atom stereocenters. The van der Waals surface area contributed by atoms with Gasteiger partial charge in [-0.25, -0.2) is 9.37 Å². The van der Waals surface area contributed by atoms with Crippen molar-refractivity contribution in [1.29, 1.82) is 0 Å². The zero-order valence-electron chi connectivity index (χ0n) is 12.8. The minimum Gasteiger partial charge on any atom is -0.348 e. The molecule has 1 aromatic heterocycles. The lowest BCUT2D eigenvalue weighted by Gasteiger charge is -2.09. The van der Waals surface area contributed by atoms with E-state index in [0.29, 0.717) is 23.5 Å². The summed E-state index contributed by atoms with van der Waals surface area (Å²) >= 11 is 1.36. The second kappa shape index (κ2) is 9.82. The van der Waals surface area contributed by atoms with Gasteiger partial charge in [0.25, 0.3) is 5.91 Å². The van der Waals surface area contributed by atoms with E-state index >= 15 is 0 Å². The molecule has 128 valence electrons. The molecule has 0 saturated carbocycles. The summed E-state index contributed by atoms with van der Waals surface area (Å²) in [7, 11) is 0.